The third-order valence-electron chi connectivity index (χ3n) is 4.45. The summed E-state index contributed by atoms with van der Waals surface area (Å²) >= 11 is 7.20. The predicted octanol–water partition coefficient (Wildman–Crippen LogP) is 3.70. The SMILES string of the molecule is COOSc1nn(Cc2ccc(OC)cc2OC)c2nc(Cl)nc(NC3CC3)c12. The van der Waals surface area contributed by atoms with Crippen LogP contribution in [0.5, 0.6) is 11.5 Å². The number of hydrogen-bond donors (Lipinski definition) is 1. The van der Waals surface area contributed by atoms with Crippen LogP contribution < -0.4 is 14.8 Å². The largest absolute Gasteiger partial charge is 0.497 e. The van der Waals surface area contributed by atoms with E-state index in [-0.39, 0.29) is 5.28 Å². The summed E-state index contributed by atoms with van der Waals surface area (Å²) in [6.45, 7) is 0.410. The standard InChI is InChI=1S/C18H20ClN5O4S/c1-25-12-7-4-10(13(8-12)26-2)9-24-16-14(17(23-24)29-28-27-3)15(20-11-5-6-11)21-18(19)22-16/h4,7-8,11H,5-6,9H2,1-3H3,(H,20,21,22). The molecule has 1 saturated carbocycles. The number of anilines is 1. The zero-order chi connectivity index (χ0) is 20.4. The van der Waals surface area contributed by atoms with E-state index in [0.717, 1.165) is 35.8 Å². The van der Waals surface area contributed by atoms with Gasteiger partial charge >= 0.3 is 0 Å². The number of benzene rings is 1. The summed E-state index contributed by atoms with van der Waals surface area (Å²) in [6, 6.07) is 6.01. The van der Waals surface area contributed by atoms with Crippen LogP contribution in [-0.2, 0) is 15.8 Å². The summed E-state index contributed by atoms with van der Waals surface area (Å²) < 4.78 is 17.6. The highest BCUT2D eigenvalue weighted by molar-refractivity contribution is 7.94. The molecule has 154 valence electrons. The Hall–Kier alpha value is -2.27. The van der Waals surface area contributed by atoms with Gasteiger partial charge in [0.1, 0.15) is 17.3 Å². The van der Waals surface area contributed by atoms with Crippen LogP contribution in [0.1, 0.15) is 18.4 Å². The minimum absolute atomic E-state index is 0.146. The van der Waals surface area contributed by atoms with Crippen LogP contribution in [0.3, 0.4) is 0 Å². The summed E-state index contributed by atoms with van der Waals surface area (Å²) in [6.07, 6.45) is 2.19. The van der Waals surface area contributed by atoms with Crippen molar-refractivity contribution in [1.29, 1.82) is 0 Å². The summed E-state index contributed by atoms with van der Waals surface area (Å²) in [5.41, 5.74) is 1.50. The van der Waals surface area contributed by atoms with Gasteiger partial charge in [-0.1, -0.05) is 0 Å². The average Bonchev–Trinajstić information content (AvgIpc) is 3.47. The molecule has 2 heterocycles. The highest BCUT2D eigenvalue weighted by Crippen LogP contribution is 2.36. The molecule has 0 bridgehead atoms. The van der Waals surface area contributed by atoms with Crippen molar-refractivity contribution in [2.75, 3.05) is 26.6 Å². The molecule has 1 aliphatic rings. The summed E-state index contributed by atoms with van der Waals surface area (Å²) in [5, 5.41) is 9.50. The van der Waals surface area contributed by atoms with Gasteiger partial charge < -0.3 is 14.8 Å². The van der Waals surface area contributed by atoms with Crippen LogP contribution in [0, 0.1) is 0 Å². The van der Waals surface area contributed by atoms with Crippen LogP contribution in [-0.4, -0.2) is 47.1 Å². The van der Waals surface area contributed by atoms with E-state index in [1.54, 1.807) is 18.9 Å². The van der Waals surface area contributed by atoms with Crippen molar-refractivity contribution in [3.05, 3.63) is 29.0 Å². The maximum Gasteiger partial charge on any atom is 0.226 e. The van der Waals surface area contributed by atoms with Crippen LogP contribution in [0.15, 0.2) is 23.2 Å². The van der Waals surface area contributed by atoms with E-state index in [1.165, 1.54) is 7.11 Å². The lowest BCUT2D eigenvalue weighted by molar-refractivity contribution is -0.160. The normalized spacial score (nSPS) is 13.7. The molecule has 1 N–H and O–H groups in total. The second-order valence-electron chi connectivity index (χ2n) is 6.42. The maximum absolute atomic E-state index is 6.21. The fourth-order valence-electron chi connectivity index (χ4n) is 2.92. The van der Waals surface area contributed by atoms with Crippen molar-refractivity contribution in [2.45, 2.75) is 30.5 Å². The summed E-state index contributed by atoms with van der Waals surface area (Å²) in [7, 11) is 4.66. The predicted molar refractivity (Wildman–Crippen MR) is 110 cm³/mol. The summed E-state index contributed by atoms with van der Waals surface area (Å²) in [4.78, 5) is 13.5. The molecule has 9 nitrogen and oxygen atoms in total. The Kier molecular flexibility index (Phi) is 5.95. The van der Waals surface area contributed by atoms with Crippen molar-refractivity contribution >= 4 is 40.5 Å². The van der Waals surface area contributed by atoms with Gasteiger partial charge in [-0.15, -0.1) is 0 Å². The molecule has 0 spiro atoms. The van der Waals surface area contributed by atoms with Gasteiger partial charge in [-0.25, -0.2) is 9.57 Å². The Bertz CT molecular complexity index is 1030. The molecule has 29 heavy (non-hydrogen) atoms. The molecular formula is C18H20ClN5O4S. The number of fused-ring (bicyclic) bond motifs is 1. The number of aromatic nitrogens is 4. The van der Waals surface area contributed by atoms with Gasteiger partial charge in [0.15, 0.2) is 10.7 Å². The van der Waals surface area contributed by atoms with E-state index in [2.05, 4.69) is 20.4 Å². The van der Waals surface area contributed by atoms with Gasteiger partial charge in [0.05, 0.1) is 45.3 Å². The molecule has 4 rings (SSSR count). The number of ether oxygens (including phenoxy) is 2. The highest BCUT2D eigenvalue weighted by Gasteiger charge is 2.26. The van der Waals surface area contributed by atoms with Gasteiger partial charge in [-0.05, 0) is 36.6 Å². The Labute approximate surface area is 176 Å². The van der Waals surface area contributed by atoms with E-state index in [1.807, 2.05) is 18.2 Å². The number of nitrogens with zero attached hydrogens (tertiary/aromatic N) is 4. The van der Waals surface area contributed by atoms with Crippen molar-refractivity contribution in [3.63, 3.8) is 0 Å². The Balaban J connectivity index is 1.78. The molecule has 0 amide bonds. The van der Waals surface area contributed by atoms with Crippen LogP contribution in [0.4, 0.5) is 5.82 Å². The van der Waals surface area contributed by atoms with Crippen molar-refractivity contribution in [1.82, 2.24) is 19.7 Å². The Morgan fingerprint density at radius 3 is 2.72 bits per heavy atom. The first-order chi connectivity index (χ1) is 14.1. The number of methoxy groups -OCH3 is 2. The molecule has 2 aromatic heterocycles. The lowest BCUT2D eigenvalue weighted by atomic mass is 10.2. The molecule has 1 aliphatic carbocycles. The number of hydrogen-bond acceptors (Lipinski definition) is 9. The zero-order valence-corrected chi connectivity index (χ0v) is 17.7. The number of nitrogens with one attached hydrogen (secondary N) is 1. The monoisotopic (exact) mass is 437 g/mol. The second-order valence-corrected chi connectivity index (χ2v) is 7.44. The van der Waals surface area contributed by atoms with Gasteiger partial charge in [0, 0.05) is 17.7 Å². The zero-order valence-electron chi connectivity index (χ0n) is 16.1. The van der Waals surface area contributed by atoms with E-state index in [9.17, 15) is 0 Å². The lowest BCUT2D eigenvalue weighted by Crippen LogP contribution is -2.07. The molecule has 0 atom stereocenters. The molecule has 3 aromatic rings. The van der Waals surface area contributed by atoms with E-state index < -0.39 is 0 Å². The van der Waals surface area contributed by atoms with E-state index in [0.29, 0.717) is 40.6 Å². The molecule has 0 radical (unpaired) electrons. The molecule has 0 saturated heterocycles. The van der Waals surface area contributed by atoms with Gasteiger partial charge in [-0.3, -0.25) is 0 Å². The van der Waals surface area contributed by atoms with Crippen molar-refractivity contribution in [2.24, 2.45) is 0 Å². The Morgan fingerprint density at radius 2 is 2.03 bits per heavy atom. The van der Waals surface area contributed by atoms with Crippen molar-refractivity contribution < 1.29 is 18.7 Å². The van der Waals surface area contributed by atoms with E-state index >= 15 is 0 Å². The lowest BCUT2D eigenvalue weighted by Gasteiger charge is -2.11. The first-order valence-electron chi connectivity index (χ1n) is 8.91. The quantitative estimate of drug-likeness (QED) is 0.233. The first kappa shape index (κ1) is 20.0. The van der Waals surface area contributed by atoms with Crippen LogP contribution in [0.2, 0.25) is 5.28 Å². The van der Waals surface area contributed by atoms with E-state index in [4.69, 9.17) is 30.3 Å². The third-order valence-corrected chi connectivity index (χ3v) is 5.26. The minimum atomic E-state index is 0.146. The highest BCUT2D eigenvalue weighted by atomic mass is 35.5. The molecule has 1 aromatic carbocycles. The topological polar surface area (TPSA) is 92.6 Å². The molecule has 11 heteroatoms. The summed E-state index contributed by atoms with van der Waals surface area (Å²) in [5.74, 6) is 2.03. The van der Waals surface area contributed by atoms with Gasteiger partial charge in [-0.2, -0.15) is 19.4 Å². The van der Waals surface area contributed by atoms with Crippen LogP contribution in [0.25, 0.3) is 11.0 Å². The average molecular weight is 438 g/mol. The smallest absolute Gasteiger partial charge is 0.226 e. The number of halogens is 1. The fraction of sp³-hybridized carbons (Fsp3) is 0.389. The number of rotatable bonds is 9. The first-order valence-corrected chi connectivity index (χ1v) is 10.0. The molecule has 0 aliphatic heterocycles. The Morgan fingerprint density at radius 1 is 1.21 bits per heavy atom. The van der Waals surface area contributed by atoms with Crippen molar-refractivity contribution in [3.8, 4) is 11.5 Å². The molecule has 1 fully saturated rings. The van der Waals surface area contributed by atoms with Crippen LogP contribution >= 0.6 is 23.6 Å². The maximum atomic E-state index is 6.21. The molecular weight excluding hydrogens is 418 g/mol. The molecule has 0 unspecified atom stereocenters. The second kappa shape index (κ2) is 8.62. The van der Waals surface area contributed by atoms with Gasteiger partial charge in [0.25, 0.3) is 0 Å². The minimum Gasteiger partial charge on any atom is -0.497 e. The fourth-order valence-corrected chi connectivity index (χ4v) is 3.62. The van der Waals surface area contributed by atoms with Gasteiger partial charge in [0.2, 0.25) is 5.28 Å². The third kappa shape index (κ3) is 4.35.